The third kappa shape index (κ3) is 25.9. The molecule has 32 heavy (non-hydrogen) atoms. The highest BCUT2D eigenvalue weighted by atomic mass is 32.2. The van der Waals surface area contributed by atoms with Crippen molar-refractivity contribution in [2.75, 3.05) is 12.4 Å². The minimum atomic E-state index is -4.32. The van der Waals surface area contributed by atoms with E-state index in [0.717, 1.165) is 37.7 Å². The van der Waals surface area contributed by atoms with Gasteiger partial charge in [-0.25, -0.2) is 13.3 Å². The van der Waals surface area contributed by atoms with Gasteiger partial charge in [0.25, 0.3) is 0 Å². The van der Waals surface area contributed by atoms with Crippen LogP contribution in [-0.2, 0) is 18.1 Å². The van der Waals surface area contributed by atoms with Crippen LogP contribution in [0, 0.1) is 0 Å². The van der Waals surface area contributed by atoms with Gasteiger partial charge >= 0.3 is 13.8 Å². The second-order valence-electron chi connectivity index (χ2n) is 8.67. The Balaban J connectivity index is 3.10. The Kier molecular flexibility index (Phi) is 22.2. The summed E-state index contributed by atoms with van der Waals surface area (Å²) in [5.74, 6) is 0.364. The van der Waals surface area contributed by atoms with Gasteiger partial charge in [0, 0.05) is 23.4 Å². The molecule has 0 heterocycles. The Labute approximate surface area is 200 Å². The summed E-state index contributed by atoms with van der Waals surface area (Å²) in [6.45, 7) is 5.77. The van der Waals surface area contributed by atoms with Crippen LogP contribution in [0.15, 0.2) is 12.2 Å². The van der Waals surface area contributed by atoms with Crippen LogP contribution in [0.2, 0.25) is 0 Å². The number of phosphoric acid groups is 1. The van der Waals surface area contributed by atoms with Crippen LogP contribution in [0.3, 0.4) is 0 Å². The summed E-state index contributed by atoms with van der Waals surface area (Å²) in [5, 5.41) is 0. The molecule has 0 atom stereocenters. The maximum atomic E-state index is 11.2. The van der Waals surface area contributed by atoms with E-state index in [4.69, 9.17) is 14.5 Å². The summed E-state index contributed by atoms with van der Waals surface area (Å²) >= 11 is 0.873. The average molecular weight is 495 g/mol. The van der Waals surface area contributed by atoms with Gasteiger partial charge in [0.1, 0.15) is 0 Å². The molecule has 0 fully saturated rings. The van der Waals surface area contributed by atoms with E-state index < -0.39 is 7.82 Å². The predicted molar refractivity (Wildman–Crippen MR) is 134 cm³/mol. The molecule has 0 aromatic heterocycles. The zero-order valence-corrected chi connectivity index (χ0v) is 21.9. The second-order valence-corrected chi connectivity index (χ2v) is 10.9. The molecular weight excluding hydrogens is 447 g/mol. The molecule has 0 aliphatic carbocycles. The quantitative estimate of drug-likeness (QED) is 0.0463. The molecule has 0 unspecified atom stereocenters. The highest BCUT2D eigenvalue weighted by molar-refractivity contribution is 7.97. The fourth-order valence-electron chi connectivity index (χ4n) is 3.49. The fourth-order valence-corrected chi connectivity index (χ4v) is 4.65. The number of carbonyl (C=O) groups is 1. The number of carbonyl (C=O) groups excluding carboxylic acids is 1. The molecule has 8 heteroatoms. The first-order valence-electron chi connectivity index (χ1n) is 12.5. The highest BCUT2D eigenvalue weighted by Gasteiger charge is 2.13. The van der Waals surface area contributed by atoms with Crippen molar-refractivity contribution in [1.82, 2.24) is 0 Å². The fraction of sp³-hybridized carbons (Fsp3) is 0.875. The van der Waals surface area contributed by atoms with Crippen molar-refractivity contribution in [2.24, 2.45) is 0 Å². The topological polar surface area (TPSA) is 93.1 Å². The van der Waals surface area contributed by atoms with E-state index >= 15 is 0 Å². The van der Waals surface area contributed by atoms with Crippen LogP contribution in [0.5, 0.6) is 0 Å². The van der Waals surface area contributed by atoms with Gasteiger partial charge in [0.2, 0.25) is 0 Å². The van der Waals surface area contributed by atoms with Crippen molar-refractivity contribution in [2.45, 2.75) is 122 Å². The smallest absolute Gasteiger partial charge is 0.462 e. The molecule has 190 valence electrons. The maximum Gasteiger partial charge on any atom is 0.480 e. The summed E-state index contributed by atoms with van der Waals surface area (Å²) < 4.78 is 19.9. The Morgan fingerprint density at radius 3 is 1.41 bits per heavy atom. The molecule has 6 nitrogen and oxygen atoms in total. The molecule has 0 aliphatic rings. The van der Waals surface area contributed by atoms with Gasteiger partial charge in [0.15, 0.2) is 0 Å². The Bertz CT molecular complexity index is 509. The normalized spacial score (nSPS) is 11.6. The number of esters is 1. The van der Waals surface area contributed by atoms with E-state index in [9.17, 15) is 9.36 Å². The average Bonchev–Trinajstić information content (AvgIpc) is 2.73. The largest absolute Gasteiger partial charge is 0.480 e. The first kappa shape index (κ1) is 31.7. The lowest BCUT2D eigenvalue weighted by atomic mass is 10.0. The summed E-state index contributed by atoms with van der Waals surface area (Å²) in [4.78, 5) is 28.4. The van der Waals surface area contributed by atoms with Crippen molar-refractivity contribution >= 4 is 25.8 Å². The number of hydrogen-bond donors (Lipinski definition) is 2. The second kappa shape index (κ2) is 22.5. The predicted octanol–water partition coefficient (Wildman–Crippen LogP) is 7.89. The number of hydrogen-bond acceptors (Lipinski definition) is 5. The van der Waals surface area contributed by atoms with Crippen LogP contribution >= 0.6 is 19.9 Å². The summed E-state index contributed by atoms with van der Waals surface area (Å²) in [5.41, 5.74) is 0.473. The minimum absolute atomic E-state index is 0.275. The van der Waals surface area contributed by atoms with E-state index in [0.29, 0.717) is 17.9 Å². The first-order valence-corrected chi connectivity index (χ1v) is 15.0. The highest BCUT2D eigenvalue weighted by Crippen LogP contribution is 2.41. The van der Waals surface area contributed by atoms with Crippen LogP contribution < -0.4 is 0 Å². The van der Waals surface area contributed by atoms with E-state index in [2.05, 4.69) is 10.5 Å². The molecule has 0 bridgehead atoms. The Hall–Kier alpha value is -0.330. The summed E-state index contributed by atoms with van der Waals surface area (Å²) in [6.07, 6.45) is 22.5. The zero-order valence-electron chi connectivity index (χ0n) is 20.2. The molecule has 0 saturated heterocycles. The summed E-state index contributed by atoms with van der Waals surface area (Å²) in [7, 11) is -4.32. The van der Waals surface area contributed by atoms with Gasteiger partial charge in [-0.2, -0.15) is 0 Å². The van der Waals surface area contributed by atoms with Gasteiger partial charge in [-0.1, -0.05) is 109 Å². The van der Waals surface area contributed by atoms with E-state index in [-0.39, 0.29) is 5.97 Å². The van der Waals surface area contributed by atoms with Gasteiger partial charge in [0.05, 0.1) is 6.61 Å². The van der Waals surface area contributed by atoms with Crippen LogP contribution in [0.1, 0.15) is 122 Å². The van der Waals surface area contributed by atoms with Crippen molar-refractivity contribution in [3.8, 4) is 0 Å². The maximum absolute atomic E-state index is 11.2. The number of rotatable bonds is 24. The third-order valence-corrected chi connectivity index (χ3v) is 7.01. The molecule has 0 aliphatic heterocycles. The standard InChI is InChI=1S/C24H47O6PS/c1-23(2)24(25)29-21-19-17-15-13-11-9-7-5-3-4-6-8-10-12-14-16-18-20-22-32-30-31(26,27)28/h1,3-22H2,2H3,(H2,26,27,28). The monoisotopic (exact) mass is 494 g/mol. The van der Waals surface area contributed by atoms with E-state index in [1.165, 1.54) is 89.9 Å². The lowest BCUT2D eigenvalue weighted by molar-refractivity contribution is -0.139. The molecule has 0 saturated carbocycles. The van der Waals surface area contributed by atoms with Crippen LogP contribution in [0.25, 0.3) is 0 Å². The van der Waals surface area contributed by atoms with Crippen molar-refractivity contribution in [1.29, 1.82) is 0 Å². The molecule has 0 spiro atoms. The number of ether oxygens (including phenoxy) is 1. The van der Waals surface area contributed by atoms with Crippen molar-refractivity contribution in [3.05, 3.63) is 12.2 Å². The number of unbranched alkanes of at least 4 members (excludes halogenated alkanes) is 17. The van der Waals surface area contributed by atoms with Gasteiger partial charge in [-0.3, -0.25) is 0 Å². The lowest BCUT2D eigenvalue weighted by Crippen LogP contribution is -2.05. The molecule has 0 aromatic carbocycles. The molecular formula is C24H47O6PS. The van der Waals surface area contributed by atoms with Crippen LogP contribution in [-0.4, -0.2) is 28.1 Å². The van der Waals surface area contributed by atoms with Crippen LogP contribution in [0.4, 0.5) is 0 Å². The Morgan fingerprint density at radius 1 is 0.719 bits per heavy atom. The molecule has 0 aromatic rings. The first-order chi connectivity index (χ1) is 15.3. The molecule has 2 N–H and O–H groups in total. The molecule has 0 amide bonds. The van der Waals surface area contributed by atoms with E-state index in [1.54, 1.807) is 6.92 Å². The third-order valence-electron chi connectivity index (χ3n) is 5.35. The Morgan fingerprint density at radius 2 is 1.06 bits per heavy atom. The minimum Gasteiger partial charge on any atom is -0.462 e. The van der Waals surface area contributed by atoms with Gasteiger partial charge in [-0.05, 0) is 19.8 Å². The van der Waals surface area contributed by atoms with Gasteiger partial charge < -0.3 is 14.5 Å². The van der Waals surface area contributed by atoms with Crippen molar-refractivity contribution in [3.63, 3.8) is 0 Å². The van der Waals surface area contributed by atoms with Crippen molar-refractivity contribution < 1.29 is 27.9 Å². The molecule has 0 radical (unpaired) electrons. The van der Waals surface area contributed by atoms with E-state index in [1.807, 2.05) is 0 Å². The lowest BCUT2D eigenvalue weighted by Gasteiger charge is -2.05. The molecule has 0 rings (SSSR count). The SMILES string of the molecule is C=C(C)C(=O)OCCCCCCCCCCCCCCCCCCCCSOP(=O)(O)O. The summed E-state index contributed by atoms with van der Waals surface area (Å²) in [6, 6.07) is 0. The zero-order chi connectivity index (χ0) is 23.9. The van der Waals surface area contributed by atoms with Gasteiger partial charge in [-0.15, -0.1) is 0 Å².